The highest BCUT2D eigenvalue weighted by Crippen LogP contribution is 2.23. The molecular formula is C19H25N5. The van der Waals surface area contributed by atoms with E-state index >= 15 is 0 Å². The van der Waals surface area contributed by atoms with Gasteiger partial charge in [-0.15, -0.1) is 0 Å². The van der Waals surface area contributed by atoms with E-state index in [4.69, 9.17) is 4.98 Å². The molecule has 0 radical (unpaired) electrons. The van der Waals surface area contributed by atoms with Crippen LogP contribution in [0.1, 0.15) is 25.7 Å². The number of para-hydroxylation sites is 1. The second-order valence-electron chi connectivity index (χ2n) is 6.62. The summed E-state index contributed by atoms with van der Waals surface area (Å²) in [5, 5.41) is 0. The Hall–Kier alpha value is -2.30. The van der Waals surface area contributed by atoms with Crippen molar-refractivity contribution in [3.8, 4) is 0 Å². The fourth-order valence-corrected chi connectivity index (χ4v) is 3.57. The van der Waals surface area contributed by atoms with Crippen LogP contribution in [-0.2, 0) is 0 Å². The average molecular weight is 323 g/mol. The van der Waals surface area contributed by atoms with Crippen molar-refractivity contribution in [2.24, 2.45) is 0 Å². The first-order chi connectivity index (χ1) is 11.9. The molecule has 0 N–H and O–H groups in total. The maximum atomic E-state index is 4.86. The van der Waals surface area contributed by atoms with Gasteiger partial charge < -0.3 is 14.7 Å². The van der Waals surface area contributed by atoms with E-state index in [1.54, 1.807) is 0 Å². The molecule has 0 amide bonds. The Morgan fingerprint density at radius 3 is 2.25 bits per heavy atom. The smallest absolute Gasteiger partial charge is 0.228 e. The van der Waals surface area contributed by atoms with Crippen molar-refractivity contribution in [3.05, 3.63) is 42.6 Å². The van der Waals surface area contributed by atoms with E-state index in [2.05, 4.69) is 56.1 Å². The lowest BCUT2D eigenvalue weighted by Gasteiger charge is -2.24. The third-order valence-corrected chi connectivity index (χ3v) is 4.94. The molecule has 4 rings (SSSR count). The maximum absolute atomic E-state index is 4.86. The zero-order valence-corrected chi connectivity index (χ0v) is 14.1. The summed E-state index contributed by atoms with van der Waals surface area (Å²) in [6.07, 6.45) is 7.13. The molecule has 5 heteroatoms. The third-order valence-electron chi connectivity index (χ3n) is 4.94. The van der Waals surface area contributed by atoms with E-state index in [-0.39, 0.29) is 0 Å². The van der Waals surface area contributed by atoms with Gasteiger partial charge in [-0.3, -0.25) is 0 Å². The van der Waals surface area contributed by atoms with Gasteiger partial charge in [0.15, 0.2) is 0 Å². The summed E-state index contributed by atoms with van der Waals surface area (Å²) in [4.78, 5) is 16.5. The Kier molecular flexibility index (Phi) is 4.49. The lowest BCUT2D eigenvalue weighted by molar-refractivity contribution is 0.726. The molecule has 0 bridgehead atoms. The zero-order valence-electron chi connectivity index (χ0n) is 14.1. The van der Waals surface area contributed by atoms with Crippen LogP contribution in [0, 0.1) is 0 Å². The van der Waals surface area contributed by atoms with Crippen molar-refractivity contribution in [2.45, 2.75) is 25.7 Å². The van der Waals surface area contributed by atoms with Gasteiger partial charge in [-0.1, -0.05) is 31.0 Å². The molecule has 126 valence electrons. The Morgan fingerprint density at radius 2 is 1.46 bits per heavy atom. The summed E-state index contributed by atoms with van der Waals surface area (Å²) < 4.78 is 0. The van der Waals surface area contributed by atoms with Gasteiger partial charge in [-0.05, 0) is 31.0 Å². The summed E-state index contributed by atoms with van der Waals surface area (Å²) in [5.74, 6) is 1.94. The van der Waals surface area contributed by atoms with Crippen LogP contribution >= 0.6 is 0 Å². The predicted molar refractivity (Wildman–Crippen MR) is 98.7 cm³/mol. The monoisotopic (exact) mass is 323 g/mol. The van der Waals surface area contributed by atoms with Crippen molar-refractivity contribution < 1.29 is 0 Å². The summed E-state index contributed by atoms with van der Waals surface area (Å²) in [6, 6.07) is 12.6. The summed E-state index contributed by atoms with van der Waals surface area (Å²) >= 11 is 0. The number of nitrogens with zero attached hydrogens (tertiary/aromatic N) is 5. The van der Waals surface area contributed by atoms with E-state index in [0.717, 1.165) is 44.6 Å². The second kappa shape index (κ2) is 7.07. The van der Waals surface area contributed by atoms with Crippen LogP contribution in [0.5, 0.6) is 0 Å². The normalized spacial score (nSPS) is 18.8. The van der Waals surface area contributed by atoms with Crippen molar-refractivity contribution in [3.63, 3.8) is 0 Å². The molecule has 0 unspecified atom stereocenters. The van der Waals surface area contributed by atoms with E-state index in [0.29, 0.717) is 0 Å². The molecule has 0 aliphatic carbocycles. The van der Waals surface area contributed by atoms with Crippen LogP contribution in [0.4, 0.5) is 17.5 Å². The van der Waals surface area contributed by atoms with Crippen molar-refractivity contribution in [1.82, 2.24) is 9.97 Å². The SMILES string of the molecule is c1ccc(N2CCN(c3nccc(N4CCCCCC4)n3)C2)cc1. The van der Waals surface area contributed by atoms with E-state index in [9.17, 15) is 0 Å². The minimum Gasteiger partial charge on any atom is -0.356 e. The molecule has 24 heavy (non-hydrogen) atoms. The fraction of sp³-hybridized carbons (Fsp3) is 0.474. The average Bonchev–Trinajstić information content (AvgIpc) is 2.98. The number of benzene rings is 1. The fourth-order valence-electron chi connectivity index (χ4n) is 3.57. The first-order valence-electron chi connectivity index (χ1n) is 9.03. The topological polar surface area (TPSA) is 35.5 Å². The number of anilines is 3. The van der Waals surface area contributed by atoms with Crippen molar-refractivity contribution in [2.75, 3.05) is 47.5 Å². The van der Waals surface area contributed by atoms with Gasteiger partial charge >= 0.3 is 0 Å². The molecule has 2 aromatic rings. The lowest BCUT2D eigenvalue weighted by atomic mass is 10.2. The molecule has 5 nitrogen and oxygen atoms in total. The number of rotatable bonds is 3. The molecule has 0 spiro atoms. The minimum absolute atomic E-state index is 0.855. The minimum atomic E-state index is 0.855. The maximum Gasteiger partial charge on any atom is 0.228 e. The first kappa shape index (κ1) is 15.2. The Bertz CT molecular complexity index is 652. The number of hydrogen-bond donors (Lipinski definition) is 0. The van der Waals surface area contributed by atoms with Gasteiger partial charge in [-0.2, -0.15) is 4.98 Å². The van der Waals surface area contributed by atoms with E-state index < -0.39 is 0 Å². The first-order valence-corrected chi connectivity index (χ1v) is 9.03. The molecule has 2 fully saturated rings. The highest BCUT2D eigenvalue weighted by Gasteiger charge is 2.23. The quantitative estimate of drug-likeness (QED) is 0.867. The third kappa shape index (κ3) is 3.30. The van der Waals surface area contributed by atoms with Crippen molar-refractivity contribution in [1.29, 1.82) is 0 Å². The molecule has 1 aromatic carbocycles. The van der Waals surface area contributed by atoms with Gasteiger partial charge in [0.05, 0.1) is 6.67 Å². The largest absolute Gasteiger partial charge is 0.356 e. The van der Waals surface area contributed by atoms with Gasteiger partial charge in [0.2, 0.25) is 5.95 Å². The molecule has 3 heterocycles. The van der Waals surface area contributed by atoms with Gasteiger partial charge in [0.25, 0.3) is 0 Å². The molecular weight excluding hydrogens is 298 g/mol. The highest BCUT2D eigenvalue weighted by molar-refractivity contribution is 5.52. The molecule has 1 aromatic heterocycles. The van der Waals surface area contributed by atoms with E-state index in [1.165, 1.54) is 31.4 Å². The summed E-state index contributed by atoms with van der Waals surface area (Å²) in [5.41, 5.74) is 1.27. The van der Waals surface area contributed by atoms with Crippen LogP contribution in [0.2, 0.25) is 0 Å². The Labute approximate surface area is 143 Å². The Balaban J connectivity index is 1.48. The van der Waals surface area contributed by atoms with Crippen LogP contribution < -0.4 is 14.7 Å². The van der Waals surface area contributed by atoms with Crippen LogP contribution in [0.3, 0.4) is 0 Å². The Morgan fingerprint density at radius 1 is 0.708 bits per heavy atom. The van der Waals surface area contributed by atoms with Crippen LogP contribution in [0.25, 0.3) is 0 Å². The van der Waals surface area contributed by atoms with Crippen LogP contribution in [0.15, 0.2) is 42.6 Å². The molecule has 0 saturated carbocycles. The molecule has 2 aliphatic heterocycles. The molecule has 2 aliphatic rings. The molecule has 2 saturated heterocycles. The number of hydrogen-bond acceptors (Lipinski definition) is 5. The number of aromatic nitrogens is 2. The van der Waals surface area contributed by atoms with E-state index in [1.807, 2.05) is 6.20 Å². The second-order valence-corrected chi connectivity index (χ2v) is 6.62. The van der Waals surface area contributed by atoms with Crippen LogP contribution in [-0.4, -0.2) is 42.8 Å². The summed E-state index contributed by atoms with van der Waals surface area (Å²) in [6.45, 7) is 5.08. The van der Waals surface area contributed by atoms with Gasteiger partial charge in [0.1, 0.15) is 5.82 Å². The van der Waals surface area contributed by atoms with Crippen molar-refractivity contribution >= 4 is 17.5 Å². The highest BCUT2D eigenvalue weighted by atomic mass is 15.4. The van der Waals surface area contributed by atoms with Gasteiger partial charge in [0, 0.05) is 38.1 Å². The zero-order chi connectivity index (χ0) is 16.2. The standard InChI is InChI=1S/C19H25N5/c1-2-7-13-22(12-6-1)18-10-11-20-19(21-18)24-15-14-23(16-24)17-8-4-3-5-9-17/h3-5,8-11H,1-2,6-7,12-16H2. The van der Waals surface area contributed by atoms with Gasteiger partial charge in [-0.25, -0.2) is 4.98 Å². The predicted octanol–water partition coefficient (Wildman–Crippen LogP) is 3.14. The summed E-state index contributed by atoms with van der Waals surface area (Å²) in [7, 11) is 0. The lowest BCUT2D eigenvalue weighted by Crippen LogP contribution is -2.28. The molecule has 0 atom stereocenters.